The van der Waals surface area contributed by atoms with Gasteiger partial charge in [-0.2, -0.15) is 0 Å². The van der Waals surface area contributed by atoms with E-state index < -0.39 is 8.25 Å². The molecule has 1 aliphatic rings. The van der Waals surface area contributed by atoms with Crippen molar-refractivity contribution in [3.8, 4) is 11.1 Å². The fourth-order valence-electron chi connectivity index (χ4n) is 2.59. The lowest BCUT2D eigenvalue weighted by Gasteiger charge is -2.12. The van der Waals surface area contributed by atoms with Crippen LogP contribution in [0, 0.1) is 0 Å². The molecule has 2 aromatic rings. The van der Waals surface area contributed by atoms with Gasteiger partial charge in [-0.1, -0.05) is 48.5 Å². The topological polar surface area (TPSA) is 46.5 Å². The molecule has 3 nitrogen and oxygen atoms in total. The number of rotatable bonds is 3. The largest absolute Gasteiger partial charge is 0.326 e. The van der Waals surface area contributed by atoms with Crippen molar-refractivity contribution in [2.24, 2.45) is 0 Å². The second kappa shape index (κ2) is 4.69. The Hall–Kier alpha value is -1.41. The summed E-state index contributed by atoms with van der Waals surface area (Å²) < 4.78 is 15.7. The summed E-state index contributed by atoms with van der Waals surface area (Å²) in [5.41, 5.74) is 4.72. The lowest BCUT2D eigenvalue weighted by molar-refractivity contribution is 0.273. The highest BCUT2D eigenvalue weighted by Gasteiger charge is 2.28. The van der Waals surface area contributed by atoms with Crippen LogP contribution >= 0.6 is 8.25 Å². The zero-order chi connectivity index (χ0) is 12.5. The number of hydrogen-bond acceptors (Lipinski definition) is 2. The fourth-order valence-corrected chi connectivity index (χ4v) is 2.90. The van der Waals surface area contributed by atoms with Crippen molar-refractivity contribution in [2.45, 2.75) is 5.92 Å². The maximum absolute atomic E-state index is 10.7. The van der Waals surface area contributed by atoms with Crippen LogP contribution in [0.3, 0.4) is 0 Å². The van der Waals surface area contributed by atoms with E-state index in [1.165, 1.54) is 22.3 Å². The Kier molecular flexibility index (Phi) is 3.04. The molecule has 3 rings (SSSR count). The Labute approximate surface area is 106 Å². The molecule has 0 fully saturated rings. The molecular formula is C14H13O3P. The van der Waals surface area contributed by atoms with Crippen molar-refractivity contribution in [2.75, 3.05) is 6.61 Å². The molecule has 0 aromatic heterocycles. The Morgan fingerprint density at radius 1 is 1.00 bits per heavy atom. The third-order valence-corrected chi connectivity index (χ3v) is 3.75. The van der Waals surface area contributed by atoms with Crippen LogP contribution in [0.4, 0.5) is 0 Å². The van der Waals surface area contributed by atoms with Gasteiger partial charge in [-0.3, -0.25) is 4.57 Å². The average molecular weight is 260 g/mol. The van der Waals surface area contributed by atoms with Gasteiger partial charge in [0.15, 0.2) is 0 Å². The van der Waals surface area contributed by atoms with Crippen molar-refractivity contribution < 1.29 is 14.0 Å². The van der Waals surface area contributed by atoms with E-state index in [1.54, 1.807) is 0 Å². The molecule has 0 saturated heterocycles. The first-order valence-electron chi connectivity index (χ1n) is 5.81. The van der Waals surface area contributed by atoms with E-state index in [0.29, 0.717) is 0 Å². The average Bonchev–Trinajstić information content (AvgIpc) is 2.71. The molecule has 2 aromatic carbocycles. The maximum atomic E-state index is 10.7. The number of benzene rings is 2. The SMILES string of the molecule is O=[PH](O)OCC1c2ccccc2-c2ccccc21. The predicted molar refractivity (Wildman–Crippen MR) is 70.9 cm³/mol. The van der Waals surface area contributed by atoms with Crippen molar-refractivity contribution in [1.29, 1.82) is 0 Å². The van der Waals surface area contributed by atoms with Crippen LogP contribution in [0.15, 0.2) is 48.5 Å². The van der Waals surface area contributed by atoms with E-state index in [2.05, 4.69) is 24.3 Å². The van der Waals surface area contributed by atoms with Gasteiger partial charge in [0.05, 0.1) is 6.61 Å². The van der Waals surface area contributed by atoms with Crippen molar-refractivity contribution in [1.82, 2.24) is 0 Å². The maximum Gasteiger partial charge on any atom is 0.316 e. The Morgan fingerprint density at radius 2 is 1.50 bits per heavy atom. The zero-order valence-electron chi connectivity index (χ0n) is 9.67. The molecule has 0 aliphatic heterocycles. The summed E-state index contributed by atoms with van der Waals surface area (Å²) in [7, 11) is -2.88. The Morgan fingerprint density at radius 3 is 2.00 bits per heavy atom. The summed E-state index contributed by atoms with van der Waals surface area (Å²) in [5, 5.41) is 0. The summed E-state index contributed by atoms with van der Waals surface area (Å²) in [5.74, 6) is 0.0542. The normalized spacial score (nSPS) is 15.2. The first-order chi connectivity index (χ1) is 8.77. The van der Waals surface area contributed by atoms with Gasteiger partial charge in [0.25, 0.3) is 0 Å². The van der Waals surface area contributed by atoms with Crippen molar-refractivity contribution in [3.05, 3.63) is 59.7 Å². The van der Waals surface area contributed by atoms with E-state index in [0.717, 1.165) is 0 Å². The standard InChI is InChI=1S/C14H13O3P/c15-18(16)17-9-14-12-7-3-1-5-10(12)11-6-2-4-8-13(11)14/h1-8,14,18H,9H2,(H,15,16). The molecule has 0 heterocycles. The number of hydrogen-bond donors (Lipinski definition) is 1. The molecule has 0 bridgehead atoms. The van der Waals surface area contributed by atoms with Gasteiger partial charge in [-0.25, -0.2) is 0 Å². The third-order valence-electron chi connectivity index (χ3n) is 3.34. The second-order valence-electron chi connectivity index (χ2n) is 4.30. The molecule has 0 saturated carbocycles. The number of fused-ring (bicyclic) bond motifs is 3. The van der Waals surface area contributed by atoms with E-state index in [4.69, 9.17) is 9.42 Å². The minimum atomic E-state index is -2.88. The molecule has 0 radical (unpaired) electrons. The summed E-state index contributed by atoms with van der Waals surface area (Å²) in [6.45, 7) is 0.252. The summed E-state index contributed by atoms with van der Waals surface area (Å²) in [6.07, 6.45) is 0. The van der Waals surface area contributed by atoms with Crippen LogP contribution < -0.4 is 0 Å². The molecule has 1 aliphatic carbocycles. The van der Waals surface area contributed by atoms with Crippen LogP contribution in [-0.4, -0.2) is 11.5 Å². The van der Waals surface area contributed by atoms with Gasteiger partial charge in [-0.05, 0) is 22.3 Å². The van der Waals surface area contributed by atoms with Gasteiger partial charge in [0.2, 0.25) is 0 Å². The summed E-state index contributed by atoms with van der Waals surface area (Å²) in [6, 6.07) is 16.3. The van der Waals surface area contributed by atoms with Gasteiger partial charge >= 0.3 is 8.25 Å². The van der Waals surface area contributed by atoms with Gasteiger partial charge in [0, 0.05) is 5.92 Å². The first-order valence-corrected chi connectivity index (χ1v) is 7.07. The van der Waals surface area contributed by atoms with E-state index in [-0.39, 0.29) is 12.5 Å². The highest BCUT2D eigenvalue weighted by Crippen LogP contribution is 2.45. The molecule has 92 valence electrons. The van der Waals surface area contributed by atoms with Crippen LogP contribution in [0.2, 0.25) is 0 Å². The minimum Gasteiger partial charge on any atom is -0.326 e. The highest BCUT2D eigenvalue weighted by molar-refractivity contribution is 7.32. The molecule has 1 atom stereocenters. The molecular weight excluding hydrogens is 247 g/mol. The molecule has 1 N–H and O–H groups in total. The molecule has 0 amide bonds. The van der Waals surface area contributed by atoms with Gasteiger partial charge < -0.3 is 9.42 Å². The van der Waals surface area contributed by atoms with E-state index in [9.17, 15) is 4.57 Å². The van der Waals surface area contributed by atoms with Crippen LogP contribution in [0.1, 0.15) is 17.0 Å². The van der Waals surface area contributed by atoms with Crippen molar-refractivity contribution in [3.63, 3.8) is 0 Å². The van der Waals surface area contributed by atoms with E-state index >= 15 is 0 Å². The Bertz CT molecular complexity index is 564. The van der Waals surface area contributed by atoms with Gasteiger partial charge in [-0.15, -0.1) is 0 Å². The quantitative estimate of drug-likeness (QED) is 0.862. The van der Waals surface area contributed by atoms with Crippen LogP contribution in [-0.2, 0) is 9.09 Å². The fraction of sp³-hybridized carbons (Fsp3) is 0.143. The van der Waals surface area contributed by atoms with Crippen LogP contribution in [0.5, 0.6) is 0 Å². The monoisotopic (exact) mass is 260 g/mol. The highest BCUT2D eigenvalue weighted by atomic mass is 31.1. The van der Waals surface area contributed by atoms with Crippen molar-refractivity contribution >= 4 is 8.25 Å². The summed E-state index contributed by atoms with van der Waals surface area (Å²) in [4.78, 5) is 8.83. The smallest absolute Gasteiger partial charge is 0.316 e. The van der Waals surface area contributed by atoms with Gasteiger partial charge in [0.1, 0.15) is 0 Å². The minimum absolute atomic E-state index is 0.0542. The zero-order valence-corrected chi connectivity index (χ0v) is 10.7. The molecule has 1 unspecified atom stereocenters. The molecule has 4 heteroatoms. The first kappa shape index (κ1) is 11.7. The Balaban J connectivity index is 2.06. The predicted octanol–water partition coefficient (Wildman–Crippen LogP) is 3.20. The lowest BCUT2D eigenvalue weighted by Crippen LogP contribution is -2.03. The molecule has 18 heavy (non-hydrogen) atoms. The third kappa shape index (κ3) is 1.91. The van der Waals surface area contributed by atoms with E-state index in [1.807, 2.05) is 24.3 Å². The van der Waals surface area contributed by atoms with Crippen LogP contribution in [0.25, 0.3) is 11.1 Å². The lowest BCUT2D eigenvalue weighted by atomic mass is 9.98. The molecule has 0 spiro atoms. The second-order valence-corrected chi connectivity index (χ2v) is 5.12. The summed E-state index contributed by atoms with van der Waals surface area (Å²) >= 11 is 0.